The number of likely N-dealkylation sites (tertiary alicyclic amines) is 1. The molecule has 4 rings (SSSR count). The number of nitrogens with zero attached hydrogens (tertiary/aromatic N) is 5. The number of hydrogen-bond donors (Lipinski definition) is 1. The van der Waals surface area contributed by atoms with Gasteiger partial charge in [-0.2, -0.15) is 0 Å². The number of hydrogen-bond acceptors (Lipinski definition) is 5. The van der Waals surface area contributed by atoms with Crippen LogP contribution in [0.4, 0.5) is 0 Å². The van der Waals surface area contributed by atoms with Crippen molar-refractivity contribution in [3.05, 3.63) is 41.0 Å². The summed E-state index contributed by atoms with van der Waals surface area (Å²) in [5.41, 5.74) is 2.89. The van der Waals surface area contributed by atoms with Crippen molar-refractivity contribution in [3.8, 4) is 0 Å². The van der Waals surface area contributed by atoms with Crippen molar-refractivity contribution in [3.63, 3.8) is 0 Å². The SMILES string of the molecule is CCC(=O)N1CCc2[nH]cnc2C12CCN(C(=O)c1cc(C)nc(C)n1)CC2. The van der Waals surface area contributed by atoms with E-state index in [9.17, 15) is 9.59 Å². The van der Waals surface area contributed by atoms with Gasteiger partial charge in [-0.1, -0.05) is 6.92 Å². The highest BCUT2D eigenvalue weighted by atomic mass is 16.2. The second-order valence-corrected chi connectivity index (χ2v) is 7.64. The summed E-state index contributed by atoms with van der Waals surface area (Å²) in [5.74, 6) is 0.676. The fourth-order valence-corrected chi connectivity index (χ4v) is 4.61. The Balaban J connectivity index is 1.59. The van der Waals surface area contributed by atoms with E-state index >= 15 is 0 Å². The van der Waals surface area contributed by atoms with Crippen molar-refractivity contribution >= 4 is 11.8 Å². The molecule has 1 N–H and O–H groups in total. The molecular weight excluding hydrogens is 356 g/mol. The number of piperidine rings is 1. The molecule has 2 aliphatic heterocycles. The maximum atomic E-state index is 13.0. The topological polar surface area (TPSA) is 95.1 Å². The maximum absolute atomic E-state index is 13.0. The van der Waals surface area contributed by atoms with Gasteiger partial charge in [0.1, 0.15) is 11.5 Å². The van der Waals surface area contributed by atoms with Crippen LogP contribution in [0.15, 0.2) is 12.4 Å². The lowest BCUT2D eigenvalue weighted by Crippen LogP contribution is -2.58. The van der Waals surface area contributed by atoms with Crippen LogP contribution in [0, 0.1) is 13.8 Å². The van der Waals surface area contributed by atoms with Gasteiger partial charge in [0.25, 0.3) is 5.91 Å². The van der Waals surface area contributed by atoms with Crippen LogP contribution in [-0.2, 0) is 16.8 Å². The number of fused-ring (bicyclic) bond motifs is 2. The molecule has 8 nitrogen and oxygen atoms in total. The zero-order valence-electron chi connectivity index (χ0n) is 16.7. The quantitative estimate of drug-likeness (QED) is 0.854. The maximum Gasteiger partial charge on any atom is 0.272 e. The Kier molecular flexibility index (Phi) is 4.64. The van der Waals surface area contributed by atoms with Gasteiger partial charge in [-0.3, -0.25) is 9.59 Å². The summed E-state index contributed by atoms with van der Waals surface area (Å²) in [6.07, 6.45) is 4.36. The first kappa shape index (κ1) is 18.6. The number of aryl methyl sites for hydroxylation is 2. The molecule has 148 valence electrons. The summed E-state index contributed by atoms with van der Waals surface area (Å²) in [5, 5.41) is 0. The highest BCUT2D eigenvalue weighted by Crippen LogP contribution is 2.42. The first-order valence-electron chi connectivity index (χ1n) is 9.89. The van der Waals surface area contributed by atoms with E-state index in [1.54, 1.807) is 19.3 Å². The number of amides is 2. The predicted molar refractivity (Wildman–Crippen MR) is 103 cm³/mol. The van der Waals surface area contributed by atoms with E-state index in [1.165, 1.54) is 0 Å². The van der Waals surface area contributed by atoms with Gasteiger partial charge in [-0.15, -0.1) is 0 Å². The fraction of sp³-hybridized carbons (Fsp3) is 0.550. The zero-order valence-corrected chi connectivity index (χ0v) is 16.7. The Morgan fingerprint density at radius 3 is 2.61 bits per heavy atom. The van der Waals surface area contributed by atoms with Crippen LogP contribution in [-0.4, -0.2) is 61.2 Å². The molecule has 8 heteroatoms. The van der Waals surface area contributed by atoms with Gasteiger partial charge in [0.15, 0.2) is 0 Å². The molecule has 4 heterocycles. The molecule has 1 saturated heterocycles. The van der Waals surface area contributed by atoms with Crippen LogP contribution in [0.25, 0.3) is 0 Å². The van der Waals surface area contributed by atoms with Crippen molar-refractivity contribution in [1.82, 2.24) is 29.7 Å². The van der Waals surface area contributed by atoms with E-state index in [1.807, 2.05) is 23.6 Å². The van der Waals surface area contributed by atoms with Crippen molar-refractivity contribution in [2.45, 2.75) is 52.0 Å². The minimum absolute atomic E-state index is 0.0742. The molecule has 0 saturated carbocycles. The number of nitrogens with one attached hydrogen (secondary N) is 1. The lowest BCUT2D eigenvalue weighted by Gasteiger charge is -2.50. The largest absolute Gasteiger partial charge is 0.348 e. The Bertz CT molecular complexity index is 893. The number of carbonyl (C=O) groups is 2. The molecule has 0 radical (unpaired) electrons. The molecule has 2 amide bonds. The van der Waals surface area contributed by atoms with E-state index in [-0.39, 0.29) is 11.8 Å². The van der Waals surface area contributed by atoms with Gasteiger partial charge in [-0.05, 0) is 32.8 Å². The predicted octanol–water partition coefficient (Wildman–Crippen LogP) is 1.74. The molecule has 0 unspecified atom stereocenters. The first-order chi connectivity index (χ1) is 13.4. The molecule has 0 aromatic carbocycles. The number of aromatic amines is 1. The van der Waals surface area contributed by atoms with Gasteiger partial charge in [0.05, 0.1) is 17.6 Å². The molecule has 2 aromatic rings. The van der Waals surface area contributed by atoms with E-state index in [4.69, 9.17) is 0 Å². The molecule has 1 fully saturated rings. The smallest absolute Gasteiger partial charge is 0.272 e. The number of imidazole rings is 1. The third kappa shape index (κ3) is 2.96. The fourth-order valence-electron chi connectivity index (χ4n) is 4.61. The Hall–Kier alpha value is -2.77. The lowest BCUT2D eigenvalue weighted by atomic mass is 9.78. The summed E-state index contributed by atoms with van der Waals surface area (Å²) in [6.45, 7) is 7.40. The average Bonchev–Trinajstić information content (AvgIpc) is 3.17. The standard InChI is InChI=1S/C20H26N6O2/c1-4-17(27)26-8-5-15-18(22-12-21-15)20(26)6-9-25(10-7-20)19(28)16-11-13(2)23-14(3)24-16/h11-12H,4-10H2,1-3H3,(H,21,22). The number of rotatable bonds is 2. The Morgan fingerprint density at radius 2 is 1.93 bits per heavy atom. The van der Waals surface area contributed by atoms with Gasteiger partial charge in [-0.25, -0.2) is 15.0 Å². The summed E-state index contributed by atoms with van der Waals surface area (Å²) in [7, 11) is 0. The summed E-state index contributed by atoms with van der Waals surface area (Å²) >= 11 is 0. The Labute approximate surface area is 164 Å². The molecule has 0 atom stereocenters. The highest BCUT2D eigenvalue weighted by Gasteiger charge is 2.48. The normalized spacial score (nSPS) is 18.2. The molecule has 1 spiro atoms. The van der Waals surface area contributed by atoms with Crippen LogP contribution in [0.2, 0.25) is 0 Å². The molecule has 0 aliphatic carbocycles. The van der Waals surface area contributed by atoms with Gasteiger partial charge < -0.3 is 14.8 Å². The number of carbonyl (C=O) groups excluding carboxylic acids is 2. The van der Waals surface area contributed by atoms with Crippen molar-refractivity contribution < 1.29 is 9.59 Å². The Morgan fingerprint density at radius 1 is 1.18 bits per heavy atom. The van der Waals surface area contributed by atoms with Crippen LogP contribution in [0.3, 0.4) is 0 Å². The van der Waals surface area contributed by atoms with Crippen LogP contribution in [0.1, 0.15) is 59.6 Å². The van der Waals surface area contributed by atoms with E-state index in [0.717, 1.165) is 23.5 Å². The van der Waals surface area contributed by atoms with E-state index in [0.29, 0.717) is 50.4 Å². The third-order valence-electron chi connectivity index (χ3n) is 5.93. The number of H-pyrrole nitrogens is 1. The van der Waals surface area contributed by atoms with E-state index < -0.39 is 5.54 Å². The average molecular weight is 382 g/mol. The second kappa shape index (κ2) is 7.00. The lowest BCUT2D eigenvalue weighted by molar-refractivity contribution is -0.141. The van der Waals surface area contributed by atoms with Gasteiger partial charge in [0.2, 0.25) is 5.91 Å². The van der Waals surface area contributed by atoms with Crippen LogP contribution >= 0.6 is 0 Å². The molecule has 2 aliphatic rings. The number of aromatic nitrogens is 4. The zero-order chi connectivity index (χ0) is 19.9. The van der Waals surface area contributed by atoms with Crippen molar-refractivity contribution in [2.24, 2.45) is 0 Å². The summed E-state index contributed by atoms with van der Waals surface area (Å²) in [6, 6.07) is 1.74. The minimum atomic E-state index is -0.422. The first-order valence-corrected chi connectivity index (χ1v) is 9.89. The monoisotopic (exact) mass is 382 g/mol. The van der Waals surface area contributed by atoms with Crippen molar-refractivity contribution in [1.29, 1.82) is 0 Å². The van der Waals surface area contributed by atoms with Crippen LogP contribution in [0.5, 0.6) is 0 Å². The van der Waals surface area contributed by atoms with Gasteiger partial charge in [0, 0.05) is 43.9 Å². The molecule has 0 bridgehead atoms. The van der Waals surface area contributed by atoms with Crippen LogP contribution < -0.4 is 0 Å². The molecule has 2 aromatic heterocycles. The molecule has 28 heavy (non-hydrogen) atoms. The van der Waals surface area contributed by atoms with Crippen molar-refractivity contribution in [2.75, 3.05) is 19.6 Å². The third-order valence-corrected chi connectivity index (χ3v) is 5.93. The van der Waals surface area contributed by atoms with Gasteiger partial charge >= 0.3 is 0 Å². The highest BCUT2D eigenvalue weighted by molar-refractivity contribution is 5.92. The second-order valence-electron chi connectivity index (χ2n) is 7.64. The van der Waals surface area contributed by atoms with E-state index in [2.05, 4.69) is 19.9 Å². The minimum Gasteiger partial charge on any atom is -0.348 e. The summed E-state index contributed by atoms with van der Waals surface area (Å²) in [4.78, 5) is 45.9. The molecular formula is C20H26N6O2. The summed E-state index contributed by atoms with van der Waals surface area (Å²) < 4.78 is 0.